The highest BCUT2D eigenvalue weighted by molar-refractivity contribution is 5.36. The first-order valence-electron chi connectivity index (χ1n) is 6.34. The van der Waals surface area contributed by atoms with Gasteiger partial charge in [-0.05, 0) is 11.1 Å². The van der Waals surface area contributed by atoms with Gasteiger partial charge >= 0.3 is 0 Å². The zero-order valence-corrected chi connectivity index (χ0v) is 10.8. The van der Waals surface area contributed by atoms with Gasteiger partial charge in [0.05, 0.1) is 38.6 Å². The van der Waals surface area contributed by atoms with Crippen LogP contribution in [0.15, 0.2) is 24.3 Å². The number of nitrogens with two attached hydrogens (primary N) is 1. The summed E-state index contributed by atoms with van der Waals surface area (Å²) >= 11 is 0. The molecule has 2 rings (SSSR count). The number of fused-ring (bicyclic) bond motifs is 1. The van der Waals surface area contributed by atoms with E-state index in [1.165, 1.54) is 11.1 Å². The Bertz CT molecular complexity index is 370. The van der Waals surface area contributed by atoms with Crippen LogP contribution in [-0.4, -0.2) is 39.6 Å². The number of hydrogen-bond acceptors (Lipinski definition) is 4. The molecule has 1 aromatic carbocycles. The topological polar surface area (TPSA) is 53.7 Å². The van der Waals surface area contributed by atoms with Gasteiger partial charge in [-0.1, -0.05) is 24.3 Å². The molecule has 0 saturated heterocycles. The van der Waals surface area contributed by atoms with Crippen molar-refractivity contribution in [3.63, 3.8) is 0 Å². The fourth-order valence-corrected chi connectivity index (χ4v) is 2.25. The van der Waals surface area contributed by atoms with Crippen molar-refractivity contribution in [3.8, 4) is 0 Å². The fourth-order valence-electron chi connectivity index (χ4n) is 2.25. The first-order valence-corrected chi connectivity index (χ1v) is 6.34. The van der Waals surface area contributed by atoms with Crippen LogP contribution < -0.4 is 5.73 Å². The van der Waals surface area contributed by atoms with E-state index in [-0.39, 0.29) is 12.1 Å². The molecule has 0 fully saturated rings. The zero-order valence-electron chi connectivity index (χ0n) is 10.8. The lowest BCUT2D eigenvalue weighted by Crippen LogP contribution is -2.26. The van der Waals surface area contributed by atoms with Crippen LogP contribution in [0.4, 0.5) is 0 Å². The second kappa shape index (κ2) is 6.85. The van der Waals surface area contributed by atoms with Crippen molar-refractivity contribution in [1.29, 1.82) is 0 Å². The molecule has 18 heavy (non-hydrogen) atoms. The Kier molecular flexibility index (Phi) is 5.13. The van der Waals surface area contributed by atoms with Crippen LogP contribution in [-0.2, 0) is 20.6 Å². The number of ether oxygens (including phenoxy) is 3. The minimum Gasteiger partial charge on any atom is -0.382 e. The maximum Gasteiger partial charge on any atom is 0.0809 e. The van der Waals surface area contributed by atoms with Crippen LogP contribution in [0.2, 0.25) is 0 Å². The van der Waals surface area contributed by atoms with Crippen LogP contribution in [0, 0.1) is 0 Å². The van der Waals surface area contributed by atoms with Gasteiger partial charge in [0.1, 0.15) is 0 Å². The molecular formula is C14H21NO3. The van der Waals surface area contributed by atoms with E-state index in [1.807, 2.05) is 12.1 Å². The lowest BCUT2D eigenvalue weighted by atomic mass is 10.1. The van der Waals surface area contributed by atoms with Crippen LogP contribution in [0.25, 0.3) is 0 Å². The average molecular weight is 251 g/mol. The summed E-state index contributed by atoms with van der Waals surface area (Å²) in [6, 6.07) is 8.25. The van der Waals surface area contributed by atoms with Crippen molar-refractivity contribution < 1.29 is 14.2 Å². The van der Waals surface area contributed by atoms with Gasteiger partial charge in [-0.15, -0.1) is 0 Å². The summed E-state index contributed by atoms with van der Waals surface area (Å²) in [5.41, 5.74) is 8.68. The van der Waals surface area contributed by atoms with Gasteiger partial charge in [0.15, 0.2) is 0 Å². The van der Waals surface area contributed by atoms with E-state index in [9.17, 15) is 0 Å². The van der Waals surface area contributed by atoms with Gasteiger partial charge in [-0.3, -0.25) is 0 Å². The molecule has 2 atom stereocenters. The van der Waals surface area contributed by atoms with Crippen molar-refractivity contribution in [2.45, 2.75) is 18.6 Å². The first kappa shape index (κ1) is 13.5. The summed E-state index contributed by atoms with van der Waals surface area (Å²) < 4.78 is 16.0. The molecule has 1 aliphatic rings. The lowest BCUT2D eigenvalue weighted by Gasteiger charge is -2.17. The maximum atomic E-state index is 6.17. The maximum absolute atomic E-state index is 6.17. The Labute approximate surface area is 108 Å². The molecule has 0 amide bonds. The molecule has 2 unspecified atom stereocenters. The molecule has 0 aliphatic heterocycles. The number of methoxy groups -OCH3 is 1. The molecule has 0 spiro atoms. The van der Waals surface area contributed by atoms with E-state index in [0.717, 1.165) is 6.42 Å². The summed E-state index contributed by atoms with van der Waals surface area (Å²) in [4.78, 5) is 0. The summed E-state index contributed by atoms with van der Waals surface area (Å²) in [6.45, 7) is 2.39. The third-order valence-corrected chi connectivity index (χ3v) is 3.23. The molecule has 1 aromatic rings. The third kappa shape index (κ3) is 3.29. The number of benzene rings is 1. The Morgan fingerprint density at radius 1 is 1.17 bits per heavy atom. The highest BCUT2D eigenvalue weighted by Gasteiger charge is 2.29. The molecule has 0 aromatic heterocycles. The van der Waals surface area contributed by atoms with Crippen molar-refractivity contribution in [1.82, 2.24) is 0 Å². The minimum absolute atomic E-state index is 0.0137. The molecule has 0 heterocycles. The van der Waals surface area contributed by atoms with E-state index in [0.29, 0.717) is 26.4 Å². The molecule has 1 aliphatic carbocycles. The van der Waals surface area contributed by atoms with Crippen LogP contribution >= 0.6 is 0 Å². The molecule has 0 bridgehead atoms. The molecule has 4 nitrogen and oxygen atoms in total. The van der Waals surface area contributed by atoms with Gasteiger partial charge in [0.25, 0.3) is 0 Å². The highest BCUT2D eigenvalue weighted by Crippen LogP contribution is 2.31. The molecular weight excluding hydrogens is 230 g/mol. The predicted octanol–water partition coefficient (Wildman–Crippen LogP) is 1.29. The van der Waals surface area contributed by atoms with Crippen molar-refractivity contribution in [2.24, 2.45) is 5.73 Å². The van der Waals surface area contributed by atoms with Gasteiger partial charge in [0, 0.05) is 13.5 Å². The SMILES string of the molecule is COCCOCCOC1Cc2ccccc2C1N. The molecule has 4 heteroatoms. The fraction of sp³-hybridized carbons (Fsp3) is 0.571. The Balaban J connectivity index is 1.70. The normalized spacial score (nSPS) is 22.1. The van der Waals surface area contributed by atoms with Crippen molar-refractivity contribution >= 4 is 0 Å². The van der Waals surface area contributed by atoms with E-state index < -0.39 is 0 Å². The third-order valence-electron chi connectivity index (χ3n) is 3.23. The van der Waals surface area contributed by atoms with Crippen LogP contribution in [0.3, 0.4) is 0 Å². The zero-order chi connectivity index (χ0) is 12.8. The largest absolute Gasteiger partial charge is 0.382 e. The number of hydrogen-bond donors (Lipinski definition) is 1. The molecule has 100 valence electrons. The Morgan fingerprint density at radius 3 is 2.72 bits per heavy atom. The van der Waals surface area contributed by atoms with E-state index in [2.05, 4.69) is 12.1 Å². The number of rotatable bonds is 7. The van der Waals surface area contributed by atoms with Crippen LogP contribution in [0.1, 0.15) is 17.2 Å². The van der Waals surface area contributed by atoms with Gasteiger partial charge in [-0.25, -0.2) is 0 Å². The van der Waals surface area contributed by atoms with Gasteiger partial charge in [-0.2, -0.15) is 0 Å². The van der Waals surface area contributed by atoms with E-state index in [4.69, 9.17) is 19.9 Å². The smallest absolute Gasteiger partial charge is 0.0809 e. The molecule has 2 N–H and O–H groups in total. The standard InChI is InChI=1S/C14H21NO3/c1-16-6-7-17-8-9-18-13-10-11-4-2-3-5-12(11)14(13)15/h2-5,13-14H,6-10,15H2,1H3. The summed E-state index contributed by atoms with van der Waals surface area (Å²) in [5.74, 6) is 0. The highest BCUT2D eigenvalue weighted by atomic mass is 16.5. The van der Waals surface area contributed by atoms with Gasteiger partial charge < -0.3 is 19.9 Å². The van der Waals surface area contributed by atoms with E-state index in [1.54, 1.807) is 7.11 Å². The lowest BCUT2D eigenvalue weighted by molar-refractivity contribution is -0.0108. The monoisotopic (exact) mass is 251 g/mol. The average Bonchev–Trinajstić information content (AvgIpc) is 2.71. The molecule has 0 saturated carbocycles. The first-order chi connectivity index (χ1) is 8.83. The second-order valence-corrected chi connectivity index (χ2v) is 4.44. The summed E-state index contributed by atoms with van der Waals surface area (Å²) in [7, 11) is 1.66. The Morgan fingerprint density at radius 2 is 1.94 bits per heavy atom. The molecule has 0 radical (unpaired) electrons. The quantitative estimate of drug-likeness (QED) is 0.742. The van der Waals surface area contributed by atoms with Crippen LogP contribution in [0.5, 0.6) is 0 Å². The summed E-state index contributed by atoms with van der Waals surface area (Å²) in [6.07, 6.45) is 0.975. The summed E-state index contributed by atoms with van der Waals surface area (Å²) in [5, 5.41) is 0. The van der Waals surface area contributed by atoms with E-state index >= 15 is 0 Å². The Hall–Kier alpha value is -0.940. The van der Waals surface area contributed by atoms with Crippen molar-refractivity contribution in [2.75, 3.05) is 33.5 Å². The van der Waals surface area contributed by atoms with Gasteiger partial charge in [0.2, 0.25) is 0 Å². The minimum atomic E-state index is -0.0137. The predicted molar refractivity (Wildman–Crippen MR) is 69.5 cm³/mol. The second-order valence-electron chi connectivity index (χ2n) is 4.44. The van der Waals surface area contributed by atoms with Crippen molar-refractivity contribution in [3.05, 3.63) is 35.4 Å².